The molecule has 0 radical (unpaired) electrons. The molecular weight excluding hydrogens is 283 g/mol. The van der Waals surface area contributed by atoms with Gasteiger partial charge < -0.3 is 11.1 Å². The van der Waals surface area contributed by atoms with E-state index in [0.717, 1.165) is 18.3 Å². The third kappa shape index (κ3) is 3.50. The molecule has 0 atom stereocenters. The number of aromatic nitrogens is 1. The van der Waals surface area contributed by atoms with Crippen molar-refractivity contribution < 1.29 is 18.0 Å². The molecule has 1 heterocycles. The monoisotopic (exact) mass is 295 g/mol. The minimum absolute atomic E-state index is 0.184. The van der Waals surface area contributed by atoms with Crippen LogP contribution in [-0.2, 0) is 6.18 Å². The molecule has 0 fully saturated rings. The highest BCUT2D eigenvalue weighted by atomic mass is 19.4. The summed E-state index contributed by atoms with van der Waals surface area (Å²) in [6.07, 6.45) is -3.54. The van der Waals surface area contributed by atoms with Gasteiger partial charge in [-0.25, -0.2) is 4.98 Å². The number of anilines is 2. The summed E-state index contributed by atoms with van der Waals surface area (Å²) in [5.41, 5.74) is 6.36. The minimum atomic E-state index is -4.50. The van der Waals surface area contributed by atoms with Crippen LogP contribution < -0.4 is 11.1 Å². The van der Waals surface area contributed by atoms with Gasteiger partial charge in [0.2, 0.25) is 0 Å². The SMILES string of the molecule is Cc1cc(N)ccc1C(=O)Nc1ccc(C(F)(F)F)nc1. The Balaban J connectivity index is 2.16. The van der Waals surface area contributed by atoms with Crippen LogP contribution in [0.4, 0.5) is 24.5 Å². The van der Waals surface area contributed by atoms with Crippen LogP contribution in [0.3, 0.4) is 0 Å². The number of aryl methyl sites for hydroxylation is 1. The van der Waals surface area contributed by atoms with Gasteiger partial charge in [0.05, 0.1) is 11.9 Å². The largest absolute Gasteiger partial charge is 0.433 e. The molecule has 21 heavy (non-hydrogen) atoms. The first kappa shape index (κ1) is 14.8. The number of pyridine rings is 1. The Morgan fingerprint density at radius 1 is 1.24 bits per heavy atom. The topological polar surface area (TPSA) is 68.0 Å². The number of hydrogen-bond donors (Lipinski definition) is 2. The number of amides is 1. The maximum absolute atomic E-state index is 12.4. The Bertz CT molecular complexity index is 666. The number of hydrogen-bond acceptors (Lipinski definition) is 3. The number of nitrogen functional groups attached to an aromatic ring is 1. The van der Waals surface area contributed by atoms with Crippen molar-refractivity contribution in [2.45, 2.75) is 13.1 Å². The molecule has 1 aromatic heterocycles. The fourth-order valence-corrected chi connectivity index (χ4v) is 1.78. The van der Waals surface area contributed by atoms with Gasteiger partial charge in [-0.2, -0.15) is 13.2 Å². The van der Waals surface area contributed by atoms with Gasteiger partial charge in [-0.3, -0.25) is 4.79 Å². The molecule has 4 nitrogen and oxygen atoms in total. The van der Waals surface area contributed by atoms with E-state index in [-0.39, 0.29) is 5.69 Å². The zero-order valence-corrected chi connectivity index (χ0v) is 11.0. The number of carbonyl (C=O) groups excluding carboxylic acids is 1. The molecule has 7 heteroatoms. The minimum Gasteiger partial charge on any atom is -0.399 e. The summed E-state index contributed by atoms with van der Waals surface area (Å²) in [7, 11) is 0. The van der Waals surface area contributed by atoms with E-state index in [4.69, 9.17) is 5.73 Å². The second-order valence-corrected chi connectivity index (χ2v) is 4.46. The van der Waals surface area contributed by atoms with E-state index in [1.165, 1.54) is 0 Å². The fraction of sp³-hybridized carbons (Fsp3) is 0.143. The van der Waals surface area contributed by atoms with Crippen LogP contribution in [-0.4, -0.2) is 10.9 Å². The summed E-state index contributed by atoms with van der Waals surface area (Å²) in [5, 5.41) is 2.49. The third-order valence-corrected chi connectivity index (χ3v) is 2.81. The number of nitrogens with zero attached hydrogens (tertiary/aromatic N) is 1. The molecule has 0 saturated heterocycles. The highest BCUT2D eigenvalue weighted by Gasteiger charge is 2.32. The summed E-state index contributed by atoms with van der Waals surface area (Å²) in [5.74, 6) is -0.436. The van der Waals surface area contributed by atoms with Gasteiger partial charge in [0.15, 0.2) is 0 Å². The quantitative estimate of drug-likeness (QED) is 0.836. The first-order valence-electron chi connectivity index (χ1n) is 5.98. The Morgan fingerprint density at radius 3 is 2.48 bits per heavy atom. The van der Waals surface area contributed by atoms with Crippen molar-refractivity contribution in [3.63, 3.8) is 0 Å². The Labute approximate surface area is 118 Å². The van der Waals surface area contributed by atoms with Crippen molar-refractivity contribution in [3.8, 4) is 0 Å². The number of benzene rings is 1. The van der Waals surface area contributed by atoms with Gasteiger partial charge in [-0.05, 0) is 42.8 Å². The van der Waals surface area contributed by atoms with E-state index in [0.29, 0.717) is 16.8 Å². The van der Waals surface area contributed by atoms with E-state index in [2.05, 4.69) is 10.3 Å². The van der Waals surface area contributed by atoms with Crippen LogP contribution in [0.1, 0.15) is 21.6 Å². The predicted octanol–water partition coefficient (Wildman–Crippen LogP) is 3.24. The highest BCUT2D eigenvalue weighted by Crippen LogP contribution is 2.27. The van der Waals surface area contributed by atoms with Crippen molar-refractivity contribution in [1.29, 1.82) is 0 Å². The van der Waals surface area contributed by atoms with E-state index in [9.17, 15) is 18.0 Å². The first-order valence-corrected chi connectivity index (χ1v) is 5.98. The van der Waals surface area contributed by atoms with Crippen LogP contribution in [0, 0.1) is 6.92 Å². The summed E-state index contributed by atoms with van der Waals surface area (Å²) in [4.78, 5) is 15.3. The van der Waals surface area contributed by atoms with Crippen molar-refractivity contribution in [1.82, 2.24) is 4.98 Å². The highest BCUT2D eigenvalue weighted by molar-refractivity contribution is 6.05. The van der Waals surface area contributed by atoms with E-state index in [1.807, 2.05) is 0 Å². The lowest BCUT2D eigenvalue weighted by molar-refractivity contribution is -0.141. The second kappa shape index (κ2) is 5.43. The molecule has 110 valence electrons. The zero-order chi connectivity index (χ0) is 15.6. The van der Waals surface area contributed by atoms with E-state index >= 15 is 0 Å². The summed E-state index contributed by atoms with van der Waals surface area (Å²) in [6, 6.07) is 6.73. The van der Waals surface area contributed by atoms with Crippen LogP contribution in [0.25, 0.3) is 0 Å². The Kier molecular flexibility index (Phi) is 3.84. The van der Waals surface area contributed by atoms with Crippen molar-refractivity contribution in [3.05, 3.63) is 53.3 Å². The lowest BCUT2D eigenvalue weighted by Crippen LogP contribution is -2.14. The van der Waals surface area contributed by atoms with Gasteiger partial charge in [-0.15, -0.1) is 0 Å². The number of rotatable bonds is 2. The molecule has 1 aromatic carbocycles. The molecule has 0 aliphatic heterocycles. The number of nitrogens with one attached hydrogen (secondary N) is 1. The molecule has 0 spiro atoms. The summed E-state index contributed by atoms with van der Waals surface area (Å²) < 4.78 is 37.1. The van der Waals surface area contributed by atoms with Crippen LogP contribution in [0.5, 0.6) is 0 Å². The molecule has 0 aliphatic carbocycles. The van der Waals surface area contributed by atoms with Gasteiger partial charge in [-0.1, -0.05) is 0 Å². The predicted molar refractivity (Wildman–Crippen MR) is 72.8 cm³/mol. The van der Waals surface area contributed by atoms with Gasteiger partial charge in [0.1, 0.15) is 5.69 Å². The van der Waals surface area contributed by atoms with Gasteiger partial charge >= 0.3 is 6.18 Å². The van der Waals surface area contributed by atoms with Crippen molar-refractivity contribution in [2.24, 2.45) is 0 Å². The standard InChI is InChI=1S/C14H12F3N3O/c1-8-6-9(18)2-4-11(8)13(21)20-10-3-5-12(19-7-10)14(15,16)17/h2-7H,18H2,1H3,(H,20,21). The van der Waals surface area contributed by atoms with E-state index < -0.39 is 17.8 Å². The zero-order valence-electron chi connectivity index (χ0n) is 11.0. The fourth-order valence-electron chi connectivity index (χ4n) is 1.78. The number of carbonyl (C=O) groups is 1. The first-order chi connectivity index (χ1) is 9.77. The smallest absolute Gasteiger partial charge is 0.399 e. The lowest BCUT2D eigenvalue weighted by Gasteiger charge is -2.09. The average molecular weight is 295 g/mol. The van der Waals surface area contributed by atoms with Crippen molar-refractivity contribution >= 4 is 17.3 Å². The molecule has 2 aromatic rings. The molecule has 3 N–H and O–H groups in total. The van der Waals surface area contributed by atoms with Crippen LogP contribution >= 0.6 is 0 Å². The van der Waals surface area contributed by atoms with Gasteiger partial charge in [0.25, 0.3) is 5.91 Å². The van der Waals surface area contributed by atoms with Crippen LogP contribution in [0.15, 0.2) is 36.5 Å². The summed E-state index contributed by atoms with van der Waals surface area (Å²) in [6.45, 7) is 1.72. The Hall–Kier alpha value is -2.57. The second-order valence-electron chi connectivity index (χ2n) is 4.46. The van der Waals surface area contributed by atoms with Gasteiger partial charge in [0, 0.05) is 11.3 Å². The molecule has 0 unspecified atom stereocenters. The number of alkyl halides is 3. The molecule has 0 bridgehead atoms. The maximum atomic E-state index is 12.4. The van der Waals surface area contributed by atoms with Crippen LogP contribution in [0.2, 0.25) is 0 Å². The maximum Gasteiger partial charge on any atom is 0.433 e. The summed E-state index contributed by atoms with van der Waals surface area (Å²) >= 11 is 0. The number of halogens is 3. The van der Waals surface area contributed by atoms with E-state index in [1.54, 1.807) is 25.1 Å². The third-order valence-electron chi connectivity index (χ3n) is 2.81. The molecule has 2 rings (SSSR count). The average Bonchev–Trinajstić information content (AvgIpc) is 2.38. The molecule has 0 aliphatic rings. The normalized spacial score (nSPS) is 11.2. The lowest BCUT2D eigenvalue weighted by atomic mass is 10.1. The number of nitrogens with two attached hydrogens (primary N) is 1. The van der Waals surface area contributed by atoms with Crippen molar-refractivity contribution in [2.75, 3.05) is 11.1 Å². The molecule has 0 saturated carbocycles. The molecular formula is C14H12F3N3O. The Morgan fingerprint density at radius 2 is 1.95 bits per heavy atom. The molecule has 1 amide bonds.